The van der Waals surface area contributed by atoms with Crippen LogP contribution < -0.4 is 0 Å². The van der Waals surface area contributed by atoms with Gasteiger partial charge in [0.1, 0.15) is 12.7 Å². The lowest BCUT2D eigenvalue weighted by Crippen LogP contribution is -2.29. The number of rotatable bonds is 44. The first kappa shape index (κ1) is 56.9. The second-order valence-corrected chi connectivity index (χ2v) is 17.2. The summed E-state index contributed by atoms with van der Waals surface area (Å²) in [6.07, 6.45) is 47.8. The third-order valence-electron chi connectivity index (χ3n) is 9.96. The lowest BCUT2D eigenvalue weighted by Gasteiger charge is -2.20. The van der Waals surface area contributed by atoms with Gasteiger partial charge in [-0.05, 0) is 77.0 Å². The molecule has 3 N–H and O–H groups in total. The summed E-state index contributed by atoms with van der Waals surface area (Å²) in [4.78, 5) is 35.1. The van der Waals surface area contributed by atoms with Crippen LogP contribution in [0.25, 0.3) is 0 Å². The largest absolute Gasteiger partial charge is 0.472 e. The molecule has 0 aliphatic carbocycles. The fraction of sp³-hybridized carbons (Fsp3) is 0.792. The topological polar surface area (TPSA) is 149 Å². The van der Waals surface area contributed by atoms with Crippen LogP contribution >= 0.6 is 7.82 Å². The number of aliphatic hydroxyl groups excluding tert-OH is 2. The molecular formula is C48H87O10P. The summed E-state index contributed by atoms with van der Waals surface area (Å²) in [5.74, 6) is -0.950. The standard InChI is InChI=1S/C48H87O10P/c1-3-5-7-9-11-13-15-17-19-21-22-24-25-27-29-31-33-35-37-39-47(51)55-43-46(44-57-59(53,54)56-42-45(50)41-49)58-48(52)40-38-36-34-32-30-28-26-23-20-18-16-14-12-10-8-6-4-2/h12,14,17-20,26,28,45-46,49-50H,3-11,13,15-16,21-25,27,29-44H2,1-2H3,(H,53,54)/b14-12+,19-17+,20-18+,28-26+/t45-,46+/m0/s1. The van der Waals surface area contributed by atoms with Crippen molar-refractivity contribution in [1.29, 1.82) is 0 Å². The molecule has 0 aromatic heterocycles. The summed E-state index contributed by atoms with van der Waals surface area (Å²) >= 11 is 0. The fourth-order valence-electron chi connectivity index (χ4n) is 6.29. The number of hydrogen-bond donors (Lipinski definition) is 3. The van der Waals surface area contributed by atoms with Crippen LogP contribution in [0.4, 0.5) is 0 Å². The lowest BCUT2D eigenvalue weighted by molar-refractivity contribution is -0.161. The number of carbonyl (C=O) groups is 2. The molecule has 0 aliphatic heterocycles. The highest BCUT2D eigenvalue weighted by Gasteiger charge is 2.27. The predicted octanol–water partition coefficient (Wildman–Crippen LogP) is 12.9. The van der Waals surface area contributed by atoms with E-state index in [-0.39, 0.29) is 19.4 Å². The molecule has 59 heavy (non-hydrogen) atoms. The number of aliphatic hydroxyl groups is 2. The van der Waals surface area contributed by atoms with Crippen molar-refractivity contribution < 1.29 is 47.8 Å². The first-order chi connectivity index (χ1) is 28.7. The molecule has 0 aromatic rings. The number of carbonyl (C=O) groups excluding carboxylic acids is 2. The molecule has 0 bridgehead atoms. The first-order valence-electron chi connectivity index (χ1n) is 23.6. The van der Waals surface area contributed by atoms with E-state index in [0.717, 1.165) is 57.8 Å². The van der Waals surface area contributed by atoms with Crippen LogP contribution in [-0.4, -0.2) is 65.7 Å². The van der Waals surface area contributed by atoms with Crippen LogP contribution in [0.15, 0.2) is 48.6 Å². The Bertz CT molecular complexity index is 1120. The van der Waals surface area contributed by atoms with Gasteiger partial charge in [-0.3, -0.25) is 18.6 Å². The van der Waals surface area contributed by atoms with Gasteiger partial charge in [0.25, 0.3) is 0 Å². The average Bonchev–Trinajstić information content (AvgIpc) is 3.22. The Morgan fingerprint density at radius 2 is 0.881 bits per heavy atom. The van der Waals surface area contributed by atoms with Crippen LogP contribution in [0.5, 0.6) is 0 Å². The minimum absolute atomic E-state index is 0.158. The van der Waals surface area contributed by atoms with E-state index < -0.39 is 51.8 Å². The predicted molar refractivity (Wildman–Crippen MR) is 242 cm³/mol. The summed E-state index contributed by atoms with van der Waals surface area (Å²) in [5.41, 5.74) is 0. The van der Waals surface area contributed by atoms with Gasteiger partial charge >= 0.3 is 19.8 Å². The average molecular weight is 855 g/mol. The van der Waals surface area contributed by atoms with Gasteiger partial charge in [-0.2, -0.15) is 0 Å². The summed E-state index contributed by atoms with van der Waals surface area (Å²) < 4.78 is 32.8. The third kappa shape index (κ3) is 43.8. The van der Waals surface area contributed by atoms with E-state index in [9.17, 15) is 24.2 Å². The van der Waals surface area contributed by atoms with E-state index >= 15 is 0 Å². The molecule has 0 fully saturated rings. The van der Waals surface area contributed by atoms with E-state index in [0.29, 0.717) is 12.8 Å². The van der Waals surface area contributed by atoms with Gasteiger partial charge in [0.05, 0.1) is 19.8 Å². The molecule has 0 aliphatic rings. The Labute approximate surface area is 360 Å². The molecular weight excluding hydrogens is 767 g/mol. The minimum Gasteiger partial charge on any atom is -0.462 e. The van der Waals surface area contributed by atoms with Gasteiger partial charge in [0, 0.05) is 12.8 Å². The van der Waals surface area contributed by atoms with E-state index in [1.54, 1.807) is 0 Å². The van der Waals surface area contributed by atoms with Gasteiger partial charge in [0.15, 0.2) is 6.10 Å². The van der Waals surface area contributed by atoms with Crippen LogP contribution in [0, 0.1) is 0 Å². The molecule has 0 radical (unpaired) electrons. The van der Waals surface area contributed by atoms with Crippen molar-refractivity contribution in [3.63, 3.8) is 0 Å². The van der Waals surface area contributed by atoms with Gasteiger partial charge in [-0.15, -0.1) is 0 Å². The molecule has 0 aromatic carbocycles. The number of ether oxygens (including phenoxy) is 2. The minimum atomic E-state index is -4.63. The zero-order chi connectivity index (χ0) is 43.3. The van der Waals surface area contributed by atoms with Gasteiger partial charge in [0.2, 0.25) is 0 Å². The number of phosphoric acid groups is 1. The van der Waals surface area contributed by atoms with Crippen molar-refractivity contribution in [1.82, 2.24) is 0 Å². The molecule has 0 rings (SSSR count). The molecule has 0 saturated heterocycles. The normalized spacial score (nSPS) is 14.2. The van der Waals surface area contributed by atoms with Crippen LogP contribution in [0.3, 0.4) is 0 Å². The maximum absolute atomic E-state index is 12.6. The second-order valence-electron chi connectivity index (χ2n) is 15.8. The summed E-state index contributed by atoms with van der Waals surface area (Å²) in [6, 6.07) is 0. The Hall–Kier alpha value is -2.07. The lowest BCUT2D eigenvalue weighted by atomic mass is 10.1. The smallest absolute Gasteiger partial charge is 0.462 e. The molecule has 0 spiro atoms. The zero-order valence-electron chi connectivity index (χ0n) is 37.5. The third-order valence-corrected chi connectivity index (χ3v) is 10.9. The van der Waals surface area contributed by atoms with Crippen molar-refractivity contribution in [2.75, 3.05) is 26.4 Å². The van der Waals surface area contributed by atoms with E-state index in [1.165, 1.54) is 109 Å². The quantitative estimate of drug-likeness (QED) is 0.0234. The number of unbranched alkanes of at least 4 members (excludes halogenated alkanes) is 22. The van der Waals surface area contributed by atoms with Crippen LogP contribution in [0.1, 0.15) is 206 Å². The maximum atomic E-state index is 12.6. The first-order valence-corrected chi connectivity index (χ1v) is 25.1. The molecule has 344 valence electrons. The molecule has 10 nitrogen and oxygen atoms in total. The van der Waals surface area contributed by atoms with Crippen LogP contribution in [0.2, 0.25) is 0 Å². The van der Waals surface area contributed by atoms with Crippen molar-refractivity contribution in [2.24, 2.45) is 0 Å². The fourth-order valence-corrected chi connectivity index (χ4v) is 7.08. The highest BCUT2D eigenvalue weighted by Crippen LogP contribution is 2.43. The number of esters is 2. The van der Waals surface area contributed by atoms with Crippen molar-refractivity contribution in [2.45, 2.75) is 219 Å². The van der Waals surface area contributed by atoms with Gasteiger partial charge < -0.3 is 24.6 Å². The Morgan fingerprint density at radius 1 is 0.508 bits per heavy atom. The van der Waals surface area contributed by atoms with Gasteiger partial charge in [-0.1, -0.05) is 165 Å². The van der Waals surface area contributed by atoms with Crippen molar-refractivity contribution >= 4 is 19.8 Å². The number of phosphoric ester groups is 1. The second kappa shape index (κ2) is 44.0. The molecule has 3 atom stereocenters. The van der Waals surface area contributed by atoms with Gasteiger partial charge in [-0.25, -0.2) is 4.57 Å². The van der Waals surface area contributed by atoms with Crippen molar-refractivity contribution in [3.8, 4) is 0 Å². The molecule has 11 heteroatoms. The van der Waals surface area contributed by atoms with Crippen molar-refractivity contribution in [3.05, 3.63) is 48.6 Å². The molecule has 0 amide bonds. The highest BCUT2D eigenvalue weighted by molar-refractivity contribution is 7.47. The molecule has 0 saturated carbocycles. The summed E-state index contributed by atoms with van der Waals surface area (Å²) in [5, 5.41) is 18.4. The SMILES string of the molecule is CCCCC/C=C/C/C=C/C/C=C/CCCCCCC(=O)O[C@H](COC(=O)CCCCCCCCCCC/C=C/CCCCCCCC)COP(=O)(O)OC[C@@H](O)CO. The summed E-state index contributed by atoms with van der Waals surface area (Å²) in [7, 11) is -4.63. The Kier molecular flexibility index (Phi) is 42.5. The molecule has 0 heterocycles. The zero-order valence-corrected chi connectivity index (χ0v) is 38.4. The Morgan fingerprint density at radius 3 is 1.37 bits per heavy atom. The Balaban J connectivity index is 4.28. The van der Waals surface area contributed by atoms with E-state index in [1.807, 2.05) is 0 Å². The van der Waals surface area contributed by atoms with Crippen LogP contribution in [-0.2, 0) is 32.7 Å². The molecule has 1 unspecified atom stereocenters. The van der Waals surface area contributed by atoms with E-state index in [4.69, 9.17) is 23.6 Å². The highest BCUT2D eigenvalue weighted by atomic mass is 31.2. The van der Waals surface area contributed by atoms with E-state index in [2.05, 4.69) is 62.5 Å². The maximum Gasteiger partial charge on any atom is 0.472 e. The number of allylic oxidation sites excluding steroid dienone is 8. The monoisotopic (exact) mass is 855 g/mol. The summed E-state index contributed by atoms with van der Waals surface area (Å²) in [6.45, 7) is 2.33. The number of hydrogen-bond acceptors (Lipinski definition) is 9.